The van der Waals surface area contributed by atoms with Crippen LogP contribution < -0.4 is 10.9 Å². The summed E-state index contributed by atoms with van der Waals surface area (Å²) in [5, 5.41) is 21.0. The van der Waals surface area contributed by atoms with Crippen LogP contribution in [-0.4, -0.2) is 15.3 Å². The lowest BCUT2D eigenvalue weighted by Gasteiger charge is -2.07. The van der Waals surface area contributed by atoms with Crippen molar-refractivity contribution in [1.82, 2.24) is 9.36 Å². The van der Waals surface area contributed by atoms with Gasteiger partial charge in [-0.25, -0.2) is 4.68 Å². The van der Waals surface area contributed by atoms with E-state index in [-0.39, 0.29) is 11.3 Å². The molecular weight excluding hydrogens is 366 g/mol. The van der Waals surface area contributed by atoms with Gasteiger partial charge in [0.2, 0.25) is 0 Å². The Balaban J connectivity index is 1.96. The number of anilines is 1. The summed E-state index contributed by atoms with van der Waals surface area (Å²) < 4.78 is 3.08. The molecule has 1 heterocycles. The quantitative estimate of drug-likeness (QED) is 0.552. The van der Waals surface area contributed by atoms with Gasteiger partial charge in [-0.15, -0.1) is 0 Å². The van der Waals surface area contributed by atoms with Crippen molar-refractivity contribution in [1.29, 1.82) is 10.5 Å². The number of benzene rings is 2. The fourth-order valence-corrected chi connectivity index (χ4v) is 2.91. The second kappa shape index (κ2) is 8.12. The molecule has 3 aromatic rings. The lowest BCUT2D eigenvalue weighted by Crippen LogP contribution is -2.23. The molecule has 0 aliphatic rings. The van der Waals surface area contributed by atoms with E-state index in [4.69, 9.17) is 5.26 Å². The van der Waals surface area contributed by atoms with Gasteiger partial charge >= 0.3 is 0 Å². The first-order chi connectivity index (χ1) is 14.0. The Morgan fingerprint density at radius 1 is 1.10 bits per heavy atom. The van der Waals surface area contributed by atoms with Gasteiger partial charge in [0.25, 0.3) is 11.5 Å². The third kappa shape index (κ3) is 3.85. The van der Waals surface area contributed by atoms with E-state index in [9.17, 15) is 14.9 Å². The fourth-order valence-electron chi connectivity index (χ4n) is 2.91. The highest BCUT2D eigenvalue weighted by Crippen LogP contribution is 2.16. The van der Waals surface area contributed by atoms with Gasteiger partial charge in [-0.2, -0.15) is 10.5 Å². The molecular formula is C22H17N5O2. The standard InChI is InChI=1S/C22H17N5O2/c1-15-20(22(29)27(26(15)2)19-9-4-3-5-10-19)25-21(28)18(14-24)12-16-7-6-8-17(11-16)13-23/h3-12H,1-2H3,(H,25,28)/b18-12+. The maximum Gasteiger partial charge on any atom is 0.295 e. The van der Waals surface area contributed by atoms with Crippen molar-refractivity contribution < 1.29 is 4.79 Å². The highest BCUT2D eigenvalue weighted by atomic mass is 16.2. The van der Waals surface area contributed by atoms with E-state index in [0.717, 1.165) is 0 Å². The molecule has 0 radical (unpaired) electrons. The molecule has 0 saturated heterocycles. The molecule has 1 N–H and O–H groups in total. The molecule has 0 atom stereocenters. The van der Waals surface area contributed by atoms with Gasteiger partial charge in [0.1, 0.15) is 17.3 Å². The van der Waals surface area contributed by atoms with Crippen molar-refractivity contribution >= 4 is 17.7 Å². The second-order valence-electron chi connectivity index (χ2n) is 6.30. The van der Waals surface area contributed by atoms with Crippen LogP contribution in [0.2, 0.25) is 0 Å². The summed E-state index contributed by atoms with van der Waals surface area (Å²) in [7, 11) is 1.72. The third-order valence-electron chi connectivity index (χ3n) is 4.48. The van der Waals surface area contributed by atoms with Gasteiger partial charge < -0.3 is 5.32 Å². The summed E-state index contributed by atoms with van der Waals surface area (Å²) in [5.41, 5.74) is 1.71. The van der Waals surface area contributed by atoms with Crippen LogP contribution in [0.1, 0.15) is 16.8 Å². The minimum Gasteiger partial charge on any atom is -0.315 e. The molecule has 3 rings (SSSR count). The molecule has 0 spiro atoms. The number of hydrogen-bond acceptors (Lipinski definition) is 4. The molecule has 0 unspecified atom stereocenters. The summed E-state index contributed by atoms with van der Waals surface area (Å²) in [6.45, 7) is 1.71. The maximum atomic E-state index is 12.9. The average molecular weight is 383 g/mol. The Bertz CT molecular complexity index is 1250. The van der Waals surface area contributed by atoms with Crippen molar-refractivity contribution in [2.45, 2.75) is 6.92 Å². The normalized spacial score (nSPS) is 10.8. The van der Waals surface area contributed by atoms with Gasteiger partial charge in [0.05, 0.1) is 23.0 Å². The number of nitriles is 2. The first-order valence-electron chi connectivity index (χ1n) is 8.73. The van der Waals surface area contributed by atoms with Crippen LogP contribution in [0.4, 0.5) is 5.69 Å². The lowest BCUT2D eigenvalue weighted by atomic mass is 10.1. The Hall–Kier alpha value is -4.36. The average Bonchev–Trinajstić information content (AvgIpc) is 2.95. The molecule has 0 saturated carbocycles. The number of nitrogens with one attached hydrogen (secondary N) is 1. The van der Waals surface area contributed by atoms with Crippen LogP contribution in [-0.2, 0) is 11.8 Å². The molecule has 1 aromatic heterocycles. The molecule has 1 amide bonds. The van der Waals surface area contributed by atoms with Crippen LogP contribution in [0.5, 0.6) is 0 Å². The van der Waals surface area contributed by atoms with Crippen LogP contribution in [0.25, 0.3) is 11.8 Å². The molecule has 0 bridgehead atoms. The number of para-hydroxylation sites is 1. The zero-order chi connectivity index (χ0) is 21.0. The van der Waals surface area contributed by atoms with Gasteiger partial charge in [0, 0.05) is 7.05 Å². The van der Waals surface area contributed by atoms with Crippen LogP contribution in [0.3, 0.4) is 0 Å². The number of hydrogen-bond donors (Lipinski definition) is 1. The lowest BCUT2D eigenvalue weighted by molar-refractivity contribution is -0.112. The fraction of sp³-hybridized carbons (Fsp3) is 0.0909. The minimum atomic E-state index is -0.694. The van der Waals surface area contributed by atoms with E-state index >= 15 is 0 Å². The molecule has 29 heavy (non-hydrogen) atoms. The Labute approximate surface area is 167 Å². The Morgan fingerprint density at radius 3 is 2.48 bits per heavy atom. The summed E-state index contributed by atoms with van der Waals surface area (Å²) in [4.78, 5) is 25.5. The summed E-state index contributed by atoms with van der Waals surface area (Å²) in [5.74, 6) is -0.694. The molecule has 142 valence electrons. The molecule has 0 aliphatic heterocycles. The van der Waals surface area contributed by atoms with Gasteiger partial charge in [-0.05, 0) is 42.8 Å². The number of carbonyl (C=O) groups is 1. The number of rotatable bonds is 4. The van der Waals surface area contributed by atoms with Crippen LogP contribution in [0.15, 0.2) is 65.0 Å². The highest BCUT2D eigenvalue weighted by molar-refractivity contribution is 6.09. The van der Waals surface area contributed by atoms with Crippen molar-refractivity contribution in [3.63, 3.8) is 0 Å². The predicted octanol–water partition coefficient (Wildman–Crippen LogP) is 2.90. The topological polar surface area (TPSA) is 104 Å². The van der Waals surface area contributed by atoms with Gasteiger partial charge in [-0.3, -0.25) is 14.3 Å². The molecule has 0 aliphatic carbocycles. The maximum absolute atomic E-state index is 12.9. The van der Waals surface area contributed by atoms with E-state index in [2.05, 4.69) is 5.32 Å². The smallest absolute Gasteiger partial charge is 0.295 e. The van der Waals surface area contributed by atoms with E-state index in [1.165, 1.54) is 10.8 Å². The molecule has 7 nitrogen and oxygen atoms in total. The van der Waals surface area contributed by atoms with Crippen molar-refractivity contribution in [2.75, 3.05) is 5.32 Å². The molecule has 7 heteroatoms. The highest BCUT2D eigenvalue weighted by Gasteiger charge is 2.19. The van der Waals surface area contributed by atoms with Crippen LogP contribution in [0, 0.1) is 29.6 Å². The molecule has 0 fully saturated rings. The van der Waals surface area contributed by atoms with Crippen molar-refractivity contribution in [3.8, 4) is 17.8 Å². The largest absolute Gasteiger partial charge is 0.315 e. The number of aromatic nitrogens is 2. The van der Waals surface area contributed by atoms with E-state index < -0.39 is 11.5 Å². The zero-order valence-electron chi connectivity index (χ0n) is 15.9. The van der Waals surface area contributed by atoms with E-state index in [1.807, 2.05) is 30.3 Å². The SMILES string of the molecule is Cc1c(NC(=O)/C(C#N)=C/c2cccc(C#N)c2)c(=O)n(-c2ccccc2)n1C. The summed E-state index contributed by atoms with van der Waals surface area (Å²) >= 11 is 0. The third-order valence-corrected chi connectivity index (χ3v) is 4.48. The first-order valence-corrected chi connectivity index (χ1v) is 8.73. The Kier molecular flexibility index (Phi) is 5.43. The van der Waals surface area contributed by atoms with Crippen molar-refractivity contribution in [2.24, 2.45) is 7.05 Å². The van der Waals surface area contributed by atoms with Crippen molar-refractivity contribution in [3.05, 3.63) is 87.3 Å². The van der Waals surface area contributed by atoms with Gasteiger partial charge in [0.15, 0.2) is 0 Å². The predicted molar refractivity (Wildman–Crippen MR) is 109 cm³/mol. The minimum absolute atomic E-state index is 0.105. The first kappa shape index (κ1) is 19.4. The van der Waals surface area contributed by atoms with Gasteiger partial charge in [-0.1, -0.05) is 30.3 Å². The van der Waals surface area contributed by atoms with E-state index in [0.29, 0.717) is 22.5 Å². The monoisotopic (exact) mass is 383 g/mol. The summed E-state index contributed by atoms with van der Waals surface area (Å²) in [6, 6.07) is 19.4. The number of nitrogens with zero attached hydrogens (tertiary/aromatic N) is 4. The van der Waals surface area contributed by atoms with E-state index in [1.54, 1.807) is 55.1 Å². The Morgan fingerprint density at radius 2 is 1.83 bits per heavy atom. The molecule has 2 aromatic carbocycles. The zero-order valence-corrected chi connectivity index (χ0v) is 15.9. The second-order valence-corrected chi connectivity index (χ2v) is 6.30. The van der Waals surface area contributed by atoms with Crippen LogP contribution >= 0.6 is 0 Å². The number of amides is 1. The number of carbonyl (C=O) groups excluding carboxylic acids is 1. The summed E-state index contributed by atoms with van der Waals surface area (Å²) in [6.07, 6.45) is 1.38.